The van der Waals surface area contributed by atoms with Gasteiger partial charge in [0, 0.05) is 12.5 Å². The molecule has 3 N–H and O–H groups in total. The number of nitrogens with two attached hydrogens (primary N) is 1. The number of rotatable bonds is 2. The molecule has 1 saturated heterocycles. The molecule has 1 fully saturated rings. The van der Waals surface area contributed by atoms with Crippen molar-refractivity contribution >= 4 is 11.3 Å². The second-order valence-electron chi connectivity index (χ2n) is 3.32. The largest absolute Gasteiger partial charge is 0.330 e. The maximum Gasteiger partial charge on any atom is 0.00242 e. The summed E-state index contributed by atoms with van der Waals surface area (Å²) in [6.45, 7) is 2.98. The van der Waals surface area contributed by atoms with E-state index in [0.717, 1.165) is 19.6 Å². The summed E-state index contributed by atoms with van der Waals surface area (Å²) < 4.78 is 0. The van der Waals surface area contributed by atoms with Crippen molar-refractivity contribution in [2.45, 2.75) is 5.92 Å². The van der Waals surface area contributed by atoms with Crippen molar-refractivity contribution in [2.24, 2.45) is 11.7 Å². The average Bonchev–Trinajstić information content (AvgIpc) is 2.74. The highest BCUT2D eigenvalue weighted by Crippen LogP contribution is 2.28. The van der Waals surface area contributed by atoms with Crippen molar-refractivity contribution in [1.29, 1.82) is 0 Å². The van der Waals surface area contributed by atoms with Gasteiger partial charge in [-0.15, -0.1) is 0 Å². The molecule has 0 spiro atoms. The first kappa shape index (κ1) is 8.23. The molecule has 0 aliphatic carbocycles. The van der Waals surface area contributed by atoms with Crippen LogP contribution in [0.3, 0.4) is 0 Å². The molecule has 0 aromatic carbocycles. The molecule has 1 aliphatic rings. The van der Waals surface area contributed by atoms with Crippen LogP contribution in [0.5, 0.6) is 0 Å². The molecule has 0 bridgehead atoms. The van der Waals surface area contributed by atoms with E-state index in [9.17, 15) is 0 Å². The lowest BCUT2D eigenvalue weighted by molar-refractivity contribution is 0.532. The van der Waals surface area contributed by atoms with Crippen molar-refractivity contribution in [1.82, 2.24) is 5.32 Å². The van der Waals surface area contributed by atoms with Crippen LogP contribution in [0.2, 0.25) is 0 Å². The van der Waals surface area contributed by atoms with E-state index in [-0.39, 0.29) is 0 Å². The molecule has 0 saturated carbocycles. The average molecular weight is 182 g/mol. The van der Waals surface area contributed by atoms with Gasteiger partial charge >= 0.3 is 0 Å². The summed E-state index contributed by atoms with van der Waals surface area (Å²) in [5.41, 5.74) is 7.15. The van der Waals surface area contributed by atoms with E-state index >= 15 is 0 Å². The Morgan fingerprint density at radius 2 is 2.50 bits per heavy atom. The van der Waals surface area contributed by atoms with Crippen LogP contribution < -0.4 is 11.1 Å². The zero-order valence-electron chi connectivity index (χ0n) is 6.99. The van der Waals surface area contributed by atoms with Gasteiger partial charge < -0.3 is 11.1 Å². The van der Waals surface area contributed by atoms with Gasteiger partial charge in [-0.1, -0.05) is 0 Å². The fourth-order valence-corrected chi connectivity index (χ4v) is 2.58. The zero-order valence-corrected chi connectivity index (χ0v) is 7.81. The Hall–Kier alpha value is -0.380. The lowest BCUT2D eigenvalue weighted by Crippen LogP contribution is -2.20. The Balaban J connectivity index is 2.13. The van der Waals surface area contributed by atoms with Crippen molar-refractivity contribution in [3.05, 3.63) is 22.4 Å². The van der Waals surface area contributed by atoms with Crippen LogP contribution in [0.4, 0.5) is 0 Å². The minimum absolute atomic E-state index is 0.639. The van der Waals surface area contributed by atoms with Crippen LogP contribution in [-0.4, -0.2) is 19.6 Å². The van der Waals surface area contributed by atoms with Crippen molar-refractivity contribution in [2.75, 3.05) is 19.6 Å². The summed E-state index contributed by atoms with van der Waals surface area (Å²) in [7, 11) is 0. The second-order valence-corrected chi connectivity index (χ2v) is 4.10. The molecule has 2 atom stereocenters. The van der Waals surface area contributed by atoms with Gasteiger partial charge in [0.15, 0.2) is 0 Å². The van der Waals surface area contributed by atoms with Crippen molar-refractivity contribution < 1.29 is 0 Å². The molecular weight excluding hydrogens is 168 g/mol. The van der Waals surface area contributed by atoms with Gasteiger partial charge in [0.05, 0.1) is 0 Å². The number of hydrogen-bond acceptors (Lipinski definition) is 3. The fourth-order valence-electron chi connectivity index (χ4n) is 1.86. The van der Waals surface area contributed by atoms with Gasteiger partial charge in [0.1, 0.15) is 0 Å². The smallest absolute Gasteiger partial charge is 0.00242 e. The highest BCUT2D eigenvalue weighted by atomic mass is 32.1. The summed E-state index contributed by atoms with van der Waals surface area (Å²) in [6, 6.07) is 2.21. The maximum absolute atomic E-state index is 5.69. The molecule has 66 valence electrons. The Kier molecular flexibility index (Phi) is 2.44. The van der Waals surface area contributed by atoms with Crippen LogP contribution in [0, 0.1) is 5.92 Å². The Labute approximate surface area is 76.8 Å². The number of thiophene rings is 1. The molecule has 0 radical (unpaired) electrons. The third-order valence-corrected chi connectivity index (χ3v) is 3.32. The Bertz CT molecular complexity index is 233. The SMILES string of the molecule is NCC1CNCC1c1ccsc1. The molecule has 2 rings (SSSR count). The lowest BCUT2D eigenvalue weighted by atomic mass is 9.91. The predicted octanol–water partition coefficient (Wildman–Crippen LogP) is 1.01. The van der Waals surface area contributed by atoms with Crippen LogP contribution in [-0.2, 0) is 0 Å². The Morgan fingerprint density at radius 1 is 1.58 bits per heavy atom. The van der Waals surface area contributed by atoms with E-state index < -0.39 is 0 Å². The lowest BCUT2D eigenvalue weighted by Gasteiger charge is -2.14. The third-order valence-electron chi connectivity index (χ3n) is 2.61. The fraction of sp³-hybridized carbons (Fsp3) is 0.556. The van der Waals surface area contributed by atoms with E-state index in [4.69, 9.17) is 5.73 Å². The zero-order chi connectivity index (χ0) is 8.39. The predicted molar refractivity (Wildman–Crippen MR) is 52.5 cm³/mol. The quantitative estimate of drug-likeness (QED) is 0.716. The minimum Gasteiger partial charge on any atom is -0.330 e. The molecular formula is C9H14N2S. The van der Waals surface area contributed by atoms with Gasteiger partial charge in [0.2, 0.25) is 0 Å². The summed E-state index contributed by atoms with van der Waals surface area (Å²) in [5, 5.41) is 7.76. The topological polar surface area (TPSA) is 38.0 Å². The maximum atomic E-state index is 5.69. The van der Waals surface area contributed by atoms with Crippen LogP contribution in [0.15, 0.2) is 16.8 Å². The highest BCUT2D eigenvalue weighted by Gasteiger charge is 2.26. The third kappa shape index (κ3) is 1.40. The van der Waals surface area contributed by atoms with Gasteiger partial charge in [-0.2, -0.15) is 11.3 Å². The van der Waals surface area contributed by atoms with Crippen LogP contribution >= 0.6 is 11.3 Å². The van der Waals surface area contributed by atoms with Gasteiger partial charge in [-0.25, -0.2) is 0 Å². The van der Waals surface area contributed by atoms with Gasteiger partial charge in [-0.05, 0) is 41.4 Å². The molecule has 0 amide bonds. The first-order chi connectivity index (χ1) is 5.92. The van der Waals surface area contributed by atoms with Crippen LogP contribution in [0.25, 0.3) is 0 Å². The van der Waals surface area contributed by atoms with E-state index in [1.807, 2.05) is 0 Å². The van der Waals surface area contributed by atoms with E-state index in [2.05, 4.69) is 22.1 Å². The summed E-state index contributed by atoms with van der Waals surface area (Å²) >= 11 is 1.77. The van der Waals surface area contributed by atoms with Gasteiger partial charge in [0.25, 0.3) is 0 Å². The molecule has 1 aliphatic heterocycles. The first-order valence-electron chi connectivity index (χ1n) is 4.34. The summed E-state index contributed by atoms with van der Waals surface area (Å²) in [6.07, 6.45) is 0. The highest BCUT2D eigenvalue weighted by molar-refractivity contribution is 7.07. The first-order valence-corrected chi connectivity index (χ1v) is 5.29. The molecule has 2 heterocycles. The standard InChI is InChI=1S/C9H14N2S/c10-3-8-4-11-5-9(8)7-1-2-12-6-7/h1-2,6,8-9,11H,3-5,10H2. The second kappa shape index (κ2) is 3.56. The molecule has 3 heteroatoms. The molecule has 2 nitrogen and oxygen atoms in total. The number of hydrogen-bond donors (Lipinski definition) is 2. The van der Waals surface area contributed by atoms with Crippen molar-refractivity contribution in [3.8, 4) is 0 Å². The molecule has 2 unspecified atom stereocenters. The number of nitrogens with one attached hydrogen (secondary N) is 1. The van der Waals surface area contributed by atoms with E-state index in [1.54, 1.807) is 11.3 Å². The van der Waals surface area contributed by atoms with E-state index in [1.165, 1.54) is 5.56 Å². The monoisotopic (exact) mass is 182 g/mol. The summed E-state index contributed by atoms with van der Waals surface area (Å²) in [5.74, 6) is 1.29. The summed E-state index contributed by atoms with van der Waals surface area (Å²) in [4.78, 5) is 0. The van der Waals surface area contributed by atoms with Crippen LogP contribution in [0.1, 0.15) is 11.5 Å². The molecule has 1 aromatic heterocycles. The van der Waals surface area contributed by atoms with Gasteiger partial charge in [-0.3, -0.25) is 0 Å². The molecule has 1 aromatic rings. The van der Waals surface area contributed by atoms with E-state index in [0.29, 0.717) is 11.8 Å². The van der Waals surface area contributed by atoms with Crippen molar-refractivity contribution in [3.63, 3.8) is 0 Å². The Morgan fingerprint density at radius 3 is 3.17 bits per heavy atom. The normalized spacial score (nSPS) is 29.4. The minimum atomic E-state index is 0.639. The molecule has 12 heavy (non-hydrogen) atoms.